The molecule has 0 aromatic heterocycles. The standard InChI is InChI=1S/C19H19NO4/c21-18(20-10-11-24-17(13-20)19(22)23)16-9-5-4-8-15(16)12-14-6-2-1-3-7-14/h1-9,17H,10-13H2,(H,22,23)/t17-/m0/s1. The highest BCUT2D eigenvalue weighted by Gasteiger charge is 2.30. The van der Waals surface area contributed by atoms with E-state index >= 15 is 0 Å². The van der Waals surface area contributed by atoms with E-state index in [4.69, 9.17) is 9.84 Å². The SMILES string of the molecule is O=C(O)[C@@H]1CN(C(=O)c2ccccc2Cc2ccccc2)CCO1. The van der Waals surface area contributed by atoms with Gasteiger partial charge in [0.2, 0.25) is 0 Å². The molecule has 1 aliphatic heterocycles. The third-order valence-corrected chi connectivity index (χ3v) is 4.11. The van der Waals surface area contributed by atoms with Gasteiger partial charge < -0.3 is 14.7 Å². The Labute approximate surface area is 140 Å². The summed E-state index contributed by atoms with van der Waals surface area (Å²) in [5.74, 6) is -1.18. The van der Waals surface area contributed by atoms with Crippen molar-refractivity contribution in [1.29, 1.82) is 0 Å². The van der Waals surface area contributed by atoms with Crippen LogP contribution in [0.15, 0.2) is 54.6 Å². The maximum Gasteiger partial charge on any atom is 0.334 e. The van der Waals surface area contributed by atoms with Gasteiger partial charge in [-0.25, -0.2) is 4.79 Å². The van der Waals surface area contributed by atoms with Crippen LogP contribution < -0.4 is 0 Å². The highest BCUT2D eigenvalue weighted by molar-refractivity contribution is 5.96. The second kappa shape index (κ2) is 7.27. The molecule has 0 unspecified atom stereocenters. The zero-order valence-electron chi connectivity index (χ0n) is 13.2. The van der Waals surface area contributed by atoms with Crippen molar-refractivity contribution >= 4 is 11.9 Å². The Hall–Kier alpha value is -2.66. The van der Waals surface area contributed by atoms with Gasteiger partial charge in [0.1, 0.15) is 0 Å². The van der Waals surface area contributed by atoms with Gasteiger partial charge >= 0.3 is 5.97 Å². The van der Waals surface area contributed by atoms with Crippen LogP contribution in [0.2, 0.25) is 0 Å². The van der Waals surface area contributed by atoms with E-state index in [1.165, 1.54) is 0 Å². The molecule has 2 aromatic rings. The predicted molar refractivity (Wildman–Crippen MR) is 89.0 cm³/mol. The first-order chi connectivity index (χ1) is 11.6. The second-order valence-electron chi connectivity index (χ2n) is 5.77. The van der Waals surface area contributed by atoms with Crippen LogP contribution in [0.1, 0.15) is 21.5 Å². The number of nitrogens with zero attached hydrogens (tertiary/aromatic N) is 1. The van der Waals surface area contributed by atoms with Gasteiger partial charge in [-0.2, -0.15) is 0 Å². The Morgan fingerprint density at radius 1 is 1.08 bits per heavy atom. The van der Waals surface area contributed by atoms with Crippen LogP contribution in [0.25, 0.3) is 0 Å². The average molecular weight is 325 g/mol. The molecule has 3 rings (SSSR count). The predicted octanol–water partition coefficient (Wildman–Crippen LogP) is 2.20. The normalized spacial score (nSPS) is 17.5. The summed E-state index contributed by atoms with van der Waals surface area (Å²) in [7, 11) is 0. The zero-order chi connectivity index (χ0) is 16.9. The number of amides is 1. The van der Waals surface area contributed by atoms with E-state index < -0.39 is 12.1 Å². The molecular weight excluding hydrogens is 306 g/mol. The van der Waals surface area contributed by atoms with Crippen molar-refractivity contribution in [3.8, 4) is 0 Å². The molecular formula is C19H19NO4. The first kappa shape index (κ1) is 16.2. The van der Waals surface area contributed by atoms with Crippen LogP contribution in [0, 0.1) is 0 Å². The van der Waals surface area contributed by atoms with Crippen molar-refractivity contribution in [1.82, 2.24) is 4.90 Å². The monoisotopic (exact) mass is 325 g/mol. The molecule has 24 heavy (non-hydrogen) atoms. The Morgan fingerprint density at radius 2 is 1.79 bits per heavy atom. The number of carbonyl (C=O) groups is 2. The molecule has 0 saturated carbocycles. The maximum atomic E-state index is 12.9. The fourth-order valence-corrected chi connectivity index (χ4v) is 2.85. The van der Waals surface area contributed by atoms with Crippen molar-refractivity contribution in [3.63, 3.8) is 0 Å². The average Bonchev–Trinajstić information content (AvgIpc) is 2.62. The summed E-state index contributed by atoms with van der Waals surface area (Å²) in [6.07, 6.45) is -0.292. The highest BCUT2D eigenvalue weighted by atomic mass is 16.5. The summed E-state index contributed by atoms with van der Waals surface area (Å²) < 4.78 is 5.19. The molecule has 1 atom stereocenters. The minimum Gasteiger partial charge on any atom is -0.479 e. The fraction of sp³-hybridized carbons (Fsp3) is 0.263. The number of carboxylic acids is 1. The fourth-order valence-electron chi connectivity index (χ4n) is 2.85. The van der Waals surface area contributed by atoms with Gasteiger partial charge in [0.15, 0.2) is 6.10 Å². The van der Waals surface area contributed by atoms with Crippen molar-refractivity contribution in [2.45, 2.75) is 12.5 Å². The lowest BCUT2D eigenvalue weighted by Gasteiger charge is -2.31. The first-order valence-electron chi connectivity index (χ1n) is 7.90. The van der Waals surface area contributed by atoms with Gasteiger partial charge in [-0.15, -0.1) is 0 Å². The smallest absolute Gasteiger partial charge is 0.334 e. The van der Waals surface area contributed by atoms with Crippen molar-refractivity contribution in [3.05, 3.63) is 71.3 Å². The maximum absolute atomic E-state index is 12.9. The summed E-state index contributed by atoms with van der Waals surface area (Å²) >= 11 is 0. The number of carboxylic acid groups (broad SMARTS) is 1. The number of benzene rings is 2. The lowest BCUT2D eigenvalue weighted by molar-refractivity contribution is -0.154. The van der Waals surface area contributed by atoms with Crippen molar-refractivity contribution in [2.24, 2.45) is 0 Å². The van der Waals surface area contributed by atoms with Gasteiger partial charge in [0.05, 0.1) is 13.2 Å². The molecule has 1 N–H and O–H groups in total. The minimum atomic E-state index is -1.04. The summed E-state index contributed by atoms with van der Waals surface area (Å²) in [5.41, 5.74) is 2.68. The summed E-state index contributed by atoms with van der Waals surface area (Å²) in [5, 5.41) is 9.09. The Kier molecular flexibility index (Phi) is 4.91. The molecule has 1 fully saturated rings. The van der Waals surface area contributed by atoms with E-state index in [1.807, 2.05) is 48.5 Å². The van der Waals surface area contributed by atoms with Crippen LogP contribution in [-0.2, 0) is 16.0 Å². The van der Waals surface area contributed by atoms with Crippen molar-refractivity contribution < 1.29 is 19.4 Å². The van der Waals surface area contributed by atoms with E-state index in [0.29, 0.717) is 18.5 Å². The number of aliphatic carboxylic acids is 1. The number of hydrogen-bond acceptors (Lipinski definition) is 3. The molecule has 5 nitrogen and oxygen atoms in total. The van der Waals surface area contributed by atoms with Crippen LogP contribution in [0.4, 0.5) is 0 Å². The number of ether oxygens (including phenoxy) is 1. The third kappa shape index (κ3) is 3.63. The van der Waals surface area contributed by atoms with Crippen LogP contribution in [-0.4, -0.2) is 47.7 Å². The van der Waals surface area contributed by atoms with Crippen LogP contribution in [0.5, 0.6) is 0 Å². The van der Waals surface area contributed by atoms with Gasteiger partial charge in [0.25, 0.3) is 5.91 Å². The highest BCUT2D eigenvalue weighted by Crippen LogP contribution is 2.18. The van der Waals surface area contributed by atoms with Crippen molar-refractivity contribution in [2.75, 3.05) is 19.7 Å². The van der Waals surface area contributed by atoms with E-state index in [1.54, 1.807) is 11.0 Å². The molecule has 124 valence electrons. The van der Waals surface area contributed by atoms with Gasteiger partial charge in [0, 0.05) is 12.1 Å². The minimum absolute atomic E-state index is 0.0772. The largest absolute Gasteiger partial charge is 0.479 e. The summed E-state index contributed by atoms with van der Waals surface area (Å²) in [6, 6.07) is 17.4. The Balaban J connectivity index is 1.81. The molecule has 2 aromatic carbocycles. The molecule has 1 heterocycles. The molecule has 1 amide bonds. The summed E-state index contributed by atoms with van der Waals surface area (Å²) in [6.45, 7) is 0.722. The van der Waals surface area contributed by atoms with E-state index in [9.17, 15) is 9.59 Å². The molecule has 1 aliphatic rings. The third-order valence-electron chi connectivity index (χ3n) is 4.11. The van der Waals surface area contributed by atoms with E-state index in [0.717, 1.165) is 11.1 Å². The number of rotatable bonds is 4. The summed E-state index contributed by atoms with van der Waals surface area (Å²) in [4.78, 5) is 25.5. The van der Waals surface area contributed by atoms with E-state index in [2.05, 4.69) is 0 Å². The number of carbonyl (C=O) groups excluding carboxylic acids is 1. The molecule has 0 radical (unpaired) electrons. The first-order valence-corrected chi connectivity index (χ1v) is 7.90. The zero-order valence-corrected chi connectivity index (χ0v) is 13.2. The topological polar surface area (TPSA) is 66.8 Å². The molecule has 1 saturated heterocycles. The number of hydrogen-bond donors (Lipinski definition) is 1. The van der Waals surface area contributed by atoms with Crippen LogP contribution in [0.3, 0.4) is 0 Å². The quantitative estimate of drug-likeness (QED) is 0.936. The second-order valence-corrected chi connectivity index (χ2v) is 5.77. The van der Waals surface area contributed by atoms with Gasteiger partial charge in [-0.1, -0.05) is 48.5 Å². The molecule has 0 bridgehead atoms. The van der Waals surface area contributed by atoms with E-state index in [-0.39, 0.29) is 19.1 Å². The number of morpholine rings is 1. The lowest BCUT2D eigenvalue weighted by Crippen LogP contribution is -2.48. The Morgan fingerprint density at radius 3 is 2.54 bits per heavy atom. The van der Waals surface area contributed by atoms with Gasteiger partial charge in [-0.3, -0.25) is 4.79 Å². The van der Waals surface area contributed by atoms with Gasteiger partial charge in [-0.05, 0) is 23.6 Å². The molecule has 5 heteroatoms. The Bertz CT molecular complexity index is 729. The lowest BCUT2D eigenvalue weighted by atomic mass is 9.98. The molecule has 0 spiro atoms. The molecule has 0 aliphatic carbocycles. The van der Waals surface area contributed by atoms with Crippen LogP contribution >= 0.6 is 0 Å².